The van der Waals surface area contributed by atoms with Crippen LogP contribution in [0.3, 0.4) is 0 Å². The van der Waals surface area contributed by atoms with E-state index in [1.807, 2.05) is 0 Å². The Morgan fingerprint density at radius 2 is 2.25 bits per heavy atom. The molecule has 0 aliphatic rings. The normalized spacial score (nSPS) is 10.6. The van der Waals surface area contributed by atoms with Crippen LogP contribution in [0.2, 0.25) is 0 Å². The van der Waals surface area contributed by atoms with Crippen molar-refractivity contribution in [2.45, 2.75) is 12.8 Å². The average Bonchev–Trinajstić information content (AvgIpc) is 2.65. The number of benzene rings is 1. The van der Waals surface area contributed by atoms with E-state index in [0.29, 0.717) is 15.9 Å². The molecule has 0 saturated carbocycles. The largest absolute Gasteiger partial charge is 0.432 e. The molecule has 0 bridgehead atoms. The van der Waals surface area contributed by atoms with Gasteiger partial charge < -0.3 is 4.74 Å². The van der Waals surface area contributed by atoms with Gasteiger partial charge in [-0.1, -0.05) is 15.9 Å². The third-order valence-electron chi connectivity index (χ3n) is 2.75. The maximum absolute atomic E-state index is 11.1. The molecule has 1 aromatic heterocycles. The van der Waals surface area contributed by atoms with Gasteiger partial charge in [-0.2, -0.15) is 5.10 Å². The highest BCUT2D eigenvalue weighted by Gasteiger charge is 2.20. The smallest absolute Gasteiger partial charge is 0.312 e. The zero-order valence-corrected chi connectivity index (χ0v) is 13.1. The molecule has 0 spiro atoms. The van der Waals surface area contributed by atoms with Crippen molar-refractivity contribution in [3.05, 3.63) is 44.0 Å². The van der Waals surface area contributed by atoms with E-state index >= 15 is 0 Å². The van der Waals surface area contributed by atoms with E-state index in [1.165, 1.54) is 16.8 Å². The number of aryl methyl sites for hydroxylation is 2. The Morgan fingerprint density at radius 3 is 2.85 bits per heavy atom. The van der Waals surface area contributed by atoms with Crippen molar-refractivity contribution in [1.29, 1.82) is 0 Å². The molecule has 1 heterocycles. The van der Waals surface area contributed by atoms with E-state index in [0.717, 1.165) is 5.69 Å². The van der Waals surface area contributed by atoms with Crippen molar-refractivity contribution in [3.8, 4) is 11.6 Å². The first-order valence-electron chi connectivity index (χ1n) is 5.64. The lowest BCUT2D eigenvalue weighted by molar-refractivity contribution is -0.385. The molecule has 0 fully saturated rings. The highest BCUT2D eigenvalue weighted by molar-refractivity contribution is 9.10. The van der Waals surface area contributed by atoms with E-state index in [1.54, 1.807) is 20.0 Å². The van der Waals surface area contributed by atoms with Gasteiger partial charge in [0.15, 0.2) is 0 Å². The average molecular weight is 361 g/mol. The third kappa shape index (κ3) is 2.78. The standard InChI is InChI=1S/C12H11BrClN3O3/c1-7-9(6-14)12(16(2)15-7)20-11-4-3-8(13)5-10(11)17(18)19/h3-5H,6H2,1-2H3. The molecular formula is C12H11BrClN3O3. The van der Waals surface area contributed by atoms with Gasteiger partial charge in [-0.15, -0.1) is 11.6 Å². The van der Waals surface area contributed by atoms with Gasteiger partial charge in [-0.25, -0.2) is 4.68 Å². The quantitative estimate of drug-likeness (QED) is 0.470. The molecule has 106 valence electrons. The zero-order valence-electron chi connectivity index (χ0n) is 10.8. The topological polar surface area (TPSA) is 70.2 Å². The van der Waals surface area contributed by atoms with Crippen molar-refractivity contribution in [3.63, 3.8) is 0 Å². The predicted molar refractivity (Wildman–Crippen MR) is 78.4 cm³/mol. The van der Waals surface area contributed by atoms with Crippen LogP contribution in [-0.2, 0) is 12.9 Å². The van der Waals surface area contributed by atoms with Crippen LogP contribution < -0.4 is 4.74 Å². The van der Waals surface area contributed by atoms with E-state index in [2.05, 4.69) is 21.0 Å². The first-order chi connectivity index (χ1) is 9.43. The van der Waals surface area contributed by atoms with Gasteiger partial charge in [0.05, 0.1) is 22.1 Å². The number of nitro benzene ring substituents is 1. The second-order valence-corrected chi connectivity index (χ2v) is 5.28. The molecule has 0 atom stereocenters. The Kier molecular flexibility index (Phi) is 4.29. The first kappa shape index (κ1) is 14.8. The second kappa shape index (κ2) is 5.80. The maximum Gasteiger partial charge on any atom is 0.312 e. The van der Waals surface area contributed by atoms with E-state index < -0.39 is 4.92 Å². The SMILES string of the molecule is Cc1nn(C)c(Oc2ccc(Br)cc2[N+](=O)[O-])c1CCl. The lowest BCUT2D eigenvalue weighted by Gasteiger charge is -2.08. The molecule has 0 saturated heterocycles. The van der Waals surface area contributed by atoms with Crippen molar-refractivity contribution in [1.82, 2.24) is 9.78 Å². The first-order valence-corrected chi connectivity index (χ1v) is 6.97. The Bertz CT molecular complexity index is 672. The van der Waals surface area contributed by atoms with E-state index in [9.17, 15) is 10.1 Å². The van der Waals surface area contributed by atoms with Gasteiger partial charge in [0.1, 0.15) is 0 Å². The van der Waals surface area contributed by atoms with Crippen LogP contribution in [-0.4, -0.2) is 14.7 Å². The molecule has 0 N–H and O–H groups in total. The van der Waals surface area contributed by atoms with E-state index in [-0.39, 0.29) is 17.3 Å². The Balaban J connectivity index is 2.48. The number of aromatic nitrogens is 2. The molecule has 0 aliphatic heterocycles. The third-order valence-corrected chi connectivity index (χ3v) is 3.51. The summed E-state index contributed by atoms with van der Waals surface area (Å²) in [5, 5.41) is 15.3. The van der Waals surface area contributed by atoms with Crippen LogP contribution >= 0.6 is 27.5 Å². The fraction of sp³-hybridized carbons (Fsp3) is 0.250. The molecule has 1 aromatic carbocycles. The van der Waals surface area contributed by atoms with Gasteiger partial charge in [-0.05, 0) is 19.1 Å². The lowest BCUT2D eigenvalue weighted by Crippen LogP contribution is -1.99. The molecule has 0 aliphatic carbocycles. The number of alkyl halides is 1. The number of halogens is 2. The monoisotopic (exact) mass is 359 g/mol. The molecule has 6 nitrogen and oxygen atoms in total. The lowest BCUT2D eigenvalue weighted by atomic mass is 10.3. The fourth-order valence-corrected chi connectivity index (χ4v) is 2.44. The molecule has 8 heteroatoms. The summed E-state index contributed by atoms with van der Waals surface area (Å²) >= 11 is 9.07. The number of nitro groups is 1. The molecule has 0 unspecified atom stereocenters. The summed E-state index contributed by atoms with van der Waals surface area (Å²) in [7, 11) is 1.70. The Labute approximate surface area is 128 Å². The highest BCUT2D eigenvalue weighted by atomic mass is 79.9. The van der Waals surface area contributed by atoms with Crippen molar-refractivity contribution in [2.24, 2.45) is 7.05 Å². The highest BCUT2D eigenvalue weighted by Crippen LogP contribution is 2.35. The van der Waals surface area contributed by atoms with Crippen molar-refractivity contribution >= 4 is 33.2 Å². The number of hydrogen-bond donors (Lipinski definition) is 0. The van der Waals surface area contributed by atoms with Crippen LogP contribution in [0.1, 0.15) is 11.3 Å². The molecule has 20 heavy (non-hydrogen) atoms. The summed E-state index contributed by atoms with van der Waals surface area (Å²) in [4.78, 5) is 10.6. The number of ether oxygens (including phenoxy) is 1. The van der Waals surface area contributed by atoms with Crippen LogP contribution in [0.25, 0.3) is 0 Å². The van der Waals surface area contributed by atoms with Gasteiger partial charge >= 0.3 is 5.69 Å². The second-order valence-electron chi connectivity index (χ2n) is 4.10. The maximum atomic E-state index is 11.1. The summed E-state index contributed by atoms with van der Waals surface area (Å²) in [6.07, 6.45) is 0. The van der Waals surface area contributed by atoms with Crippen molar-refractivity contribution in [2.75, 3.05) is 0 Å². The Morgan fingerprint density at radius 1 is 1.55 bits per heavy atom. The van der Waals surface area contributed by atoms with Gasteiger partial charge in [0.2, 0.25) is 11.6 Å². The molecule has 0 amide bonds. The minimum atomic E-state index is -0.496. The number of rotatable bonds is 4. The van der Waals surface area contributed by atoms with Crippen LogP contribution in [0.15, 0.2) is 22.7 Å². The molecule has 2 aromatic rings. The van der Waals surface area contributed by atoms with Crippen LogP contribution in [0, 0.1) is 17.0 Å². The molecular weight excluding hydrogens is 350 g/mol. The summed E-state index contributed by atoms with van der Waals surface area (Å²) in [5.41, 5.74) is 1.32. The summed E-state index contributed by atoms with van der Waals surface area (Å²) in [5.74, 6) is 0.773. The minimum Gasteiger partial charge on any atom is -0.432 e. The summed E-state index contributed by atoms with van der Waals surface area (Å²) in [6.45, 7) is 1.81. The van der Waals surface area contributed by atoms with Crippen molar-refractivity contribution < 1.29 is 9.66 Å². The van der Waals surface area contributed by atoms with Gasteiger partial charge in [0, 0.05) is 17.6 Å². The number of nitrogens with zero attached hydrogens (tertiary/aromatic N) is 3. The van der Waals surface area contributed by atoms with Gasteiger partial charge in [0.25, 0.3) is 0 Å². The van der Waals surface area contributed by atoms with Gasteiger partial charge in [-0.3, -0.25) is 10.1 Å². The molecule has 0 radical (unpaired) electrons. The minimum absolute atomic E-state index is 0.126. The summed E-state index contributed by atoms with van der Waals surface area (Å²) in [6, 6.07) is 4.59. The zero-order chi connectivity index (χ0) is 14.9. The molecule has 2 rings (SSSR count). The van der Waals surface area contributed by atoms with Crippen LogP contribution in [0.5, 0.6) is 11.6 Å². The fourth-order valence-electron chi connectivity index (χ4n) is 1.79. The Hall–Kier alpha value is -1.60. The summed E-state index contributed by atoms with van der Waals surface area (Å²) < 4.78 is 7.77. The van der Waals surface area contributed by atoms with E-state index in [4.69, 9.17) is 16.3 Å². The van der Waals surface area contributed by atoms with Crippen LogP contribution in [0.4, 0.5) is 5.69 Å². The predicted octanol–water partition coefficient (Wildman–Crippen LogP) is 3.93. The number of hydrogen-bond acceptors (Lipinski definition) is 4.